The van der Waals surface area contributed by atoms with Gasteiger partial charge in [-0.2, -0.15) is 0 Å². The summed E-state index contributed by atoms with van der Waals surface area (Å²) in [6, 6.07) is -0.109. The van der Waals surface area contributed by atoms with E-state index >= 15 is 0 Å². The molecule has 0 aromatic rings. The molecule has 2 atom stereocenters. The molecule has 5 nitrogen and oxygen atoms in total. The molecule has 6 heteroatoms. The van der Waals surface area contributed by atoms with Crippen molar-refractivity contribution in [1.29, 1.82) is 0 Å². The zero-order valence-electron chi connectivity index (χ0n) is 9.43. The predicted octanol–water partition coefficient (Wildman–Crippen LogP) is 0.0602. The number of carbonyl (C=O) groups excluding carboxylic acids is 1. The van der Waals surface area contributed by atoms with Crippen molar-refractivity contribution >= 4 is 15.9 Å². The van der Waals surface area contributed by atoms with Crippen molar-refractivity contribution in [3.05, 3.63) is 11.8 Å². The average molecular weight is 244 g/mol. The lowest BCUT2D eigenvalue weighted by Gasteiger charge is -2.14. The van der Waals surface area contributed by atoms with E-state index in [4.69, 9.17) is 0 Å². The Balaban J connectivity index is 2.38. The molecule has 0 radical (unpaired) electrons. The Morgan fingerprint density at radius 2 is 2.25 bits per heavy atom. The topological polar surface area (TPSA) is 66.5 Å². The Morgan fingerprint density at radius 3 is 2.81 bits per heavy atom. The minimum absolute atomic E-state index is 0.109. The van der Waals surface area contributed by atoms with Gasteiger partial charge in [-0.05, 0) is 12.5 Å². The van der Waals surface area contributed by atoms with Gasteiger partial charge in [0.1, 0.15) is 0 Å². The second-order valence-electron chi connectivity index (χ2n) is 4.28. The Labute approximate surface area is 95.6 Å². The summed E-state index contributed by atoms with van der Waals surface area (Å²) >= 11 is 0. The standard InChI is InChI=1S/C10H16N2O3S/c1-3-4-7-9-8(5-6-11-9)12(10(7)13)16(2,14)15/h5,7,9,11H,3-4,6H2,1-2H3/t7-,9-/m1/s1. The van der Waals surface area contributed by atoms with Crippen molar-refractivity contribution in [2.75, 3.05) is 12.8 Å². The maximum atomic E-state index is 12.0. The molecule has 16 heavy (non-hydrogen) atoms. The van der Waals surface area contributed by atoms with Crippen LogP contribution in [0, 0.1) is 5.92 Å². The Bertz CT molecular complexity index is 441. The van der Waals surface area contributed by atoms with E-state index < -0.39 is 10.0 Å². The van der Waals surface area contributed by atoms with E-state index in [9.17, 15) is 13.2 Å². The van der Waals surface area contributed by atoms with Crippen molar-refractivity contribution in [3.63, 3.8) is 0 Å². The van der Waals surface area contributed by atoms with Crippen LogP contribution in [0.5, 0.6) is 0 Å². The van der Waals surface area contributed by atoms with E-state index in [2.05, 4.69) is 5.32 Å². The number of rotatable bonds is 3. The van der Waals surface area contributed by atoms with Gasteiger partial charge in [-0.3, -0.25) is 4.79 Å². The Morgan fingerprint density at radius 1 is 1.56 bits per heavy atom. The number of fused-ring (bicyclic) bond motifs is 1. The summed E-state index contributed by atoms with van der Waals surface area (Å²) in [7, 11) is -3.48. The first-order chi connectivity index (χ1) is 7.46. The van der Waals surface area contributed by atoms with Crippen LogP contribution in [-0.4, -0.2) is 37.5 Å². The van der Waals surface area contributed by atoms with Gasteiger partial charge in [0.2, 0.25) is 15.9 Å². The van der Waals surface area contributed by atoms with Crippen LogP contribution in [-0.2, 0) is 14.8 Å². The van der Waals surface area contributed by atoms with E-state index in [0.717, 1.165) is 23.4 Å². The largest absolute Gasteiger partial charge is 0.304 e. The lowest BCUT2D eigenvalue weighted by molar-refractivity contribution is -0.127. The van der Waals surface area contributed by atoms with E-state index in [1.54, 1.807) is 6.08 Å². The smallest absolute Gasteiger partial charge is 0.245 e. The molecule has 0 saturated carbocycles. The molecule has 0 spiro atoms. The SMILES string of the molecule is CCC[C@H]1C(=O)N(S(C)(=O)=O)C2=CCN[C@@H]21. The van der Waals surface area contributed by atoms with Crippen LogP contribution in [0.15, 0.2) is 11.8 Å². The number of nitrogens with one attached hydrogen (secondary N) is 1. The number of carbonyl (C=O) groups is 1. The summed E-state index contributed by atoms with van der Waals surface area (Å²) in [5.41, 5.74) is 0.617. The zero-order chi connectivity index (χ0) is 11.9. The van der Waals surface area contributed by atoms with Gasteiger partial charge in [0, 0.05) is 6.54 Å². The monoisotopic (exact) mass is 244 g/mol. The fraction of sp³-hybridized carbons (Fsp3) is 0.700. The average Bonchev–Trinajstić information content (AvgIpc) is 2.68. The molecule has 0 unspecified atom stereocenters. The molecule has 1 N–H and O–H groups in total. The van der Waals surface area contributed by atoms with Gasteiger partial charge in [-0.1, -0.05) is 13.3 Å². The van der Waals surface area contributed by atoms with Crippen molar-refractivity contribution in [1.82, 2.24) is 9.62 Å². The van der Waals surface area contributed by atoms with E-state index in [1.165, 1.54) is 0 Å². The normalized spacial score (nSPS) is 29.5. The van der Waals surface area contributed by atoms with Crippen LogP contribution in [0.1, 0.15) is 19.8 Å². The maximum absolute atomic E-state index is 12.0. The fourth-order valence-corrected chi connectivity index (χ4v) is 3.49. The molecule has 0 aliphatic carbocycles. The lowest BCUT2D eigenvalue weighted by Crippen LogP contribution is -2.33. The first kappa shape index (κ1) is 11.6. The third-order valence-electron chi connectivity index (χ3n) is 3.05. The molecular formula is C10H16N2O3S. The molecule has 1 saturated heterocycles. The summed E-state index contributed by atoms with van der Waals surface area (Å²) < 4.78 is 24.1. The van der Waals surface area contributed by atoms with Crippen molar-refractivity contribution in [3.8, 4) is 0 Å². The molecule has 2 heterocycles. The van der Waals surface area contributed by atoms with Gasteiger partial charge < -0.3 is 5.32 Å². The Kier molecular flexibility index (Phi) is 2.79. The minimum atomic E-state index is -3.48. The maximum Gasteiger partial charge on any atom is 0.245 e. The van der Waals surface area contributed by atoms with Crippen molar-refractivity contribution in [2.24, 2.45) is 5.92 Å². The molecule has 0 bridgehead atoms. The van der Waals surface area contributed by atoms with Gasteiger partial charge in [0.25, 0.3) is 0 Å². The van der Waals surface area contributed by atoms with Crippen LogP contribution in [0.2, 0.25) is 0 Å². The highest BCUT2D eigenvalue weighted by Gasteiger charge is 2.48. The van der Waals surface area contributed by atoms with Gasteiger partial charge in [0.15, 0.2) is 0 Å². The molecule has 2 aliphatic heterocycles. The van der Waals surface area contributed by atoms with Gasteiger partial charge in [0.05, 0.1) is 23.9 Å². The molecule has 90 valence electrons. The number of amides is 1. The third-order valence-corrected chi connectivity index (χ3v) is 4.11. The highest BCUT2D eigenvalue weighted by Crippen LogP contribution is 2.35. The van der Waals surface area contributed by atoms with E-state index in [-0.39, 0.29) is 17.9 Å². The van der Waals surface area contributed by atoms with Crippen LogP contribution < -0.4 is 5.32 Å². The predicted molar refractivity (Wildman–Crippen MR) is 60.0 cm³/mol. The molecule has 2 rings (SSSR count). The van der Waals surface area contributed by atoms with Crippen LogP contribution in [0.3, 0.4) is 0 Å². The first-order valence-electron chi connectivity index (χ1n) is 5.44. The highest BCUT2D eigenvalue weighted by molar-refractivity contribution is 7.89. The lowest BCUT2D eigenvalue weighted by atomic mass is 9.97. The number of nitrogens with zero attached hydrogens (tertiary/aromatic N) is 1. The van der Waals surface area contributed by atoms with Gasteiger partial charge >= 0.3 is 0 Å². The zero-order valence-corrected chi connectivity index (χ0v) is 10.3. The van der Waals surface area contributed by atoms with E-state index in [0.29, 0.717) is 12.2 Å². The molecule has 1 fully saturated rings. The number of hydrogen-bond donors (Lipinski definition) is 1. The van der Waals surface area contributed by atoms with Gasteiger partial charge in [-0.15, -0.1) is 0 Å². The third kappa shape index (κ3) is 1.66. The summed E-state index contributed by atoms with van der Waals surface area (Å²) in [5, 5.41) is 3.17. The number of sulfonamides is 1. The molecular weight excluding hydrogens is 228 g/mol. The summed E-state index contributed by atoms with van der Waals surface area (Å²) in [4.78, 5) is 12.0. The minimum Gasteiger partial charge on any atom is -0.304 e. The number of hydrogen-bond acceptors (Lipinski definition) is 4. The van der Waals surface area contributed by atoms with Crippen LogP contribution in [0.4, 0.5) is 0 Å². The fourth-order valence-electron chi connectivity index (χ4n) is 2.46. The summed E-state index contributed by atoms with van der Waals surface area (Å²) in [6.07, 6.45) is 4.47. The first-order valence-corrected chi connectivity index (χ1v) is 7.29. The summed E-state index contributed by atoms with van der Waals surface area (Å²) in [6.45, 7) is 2.63. The molecule has 1 amide bonds. The second kappa shape index (κ2) is 3.85. The van der Waals surface area contributed by atoms with Crippen LogP contribution in [0.25, 0.3) is 0 Å². The summed E-state index contributed by atoms with van der Waals surface area (Å²) in [5.74, 6) is -0.513. The van der Waals surface area contributed by atoms with Gasteiger partial charge in [-0.25, -0.2) is 12.7 Å². The van der Waals surface area contributed by atoms with E-state index in [1.807, 2.05) is 6.92 Å². The molecule has 0 aromatic carbocycles. The quantitative estimate of drug-likeness (QED) is 0.762. The highest BCUT2D eigenvalue weighted by atomic mass is 32.2. The van der Waals surface area contributed by atoms with Crippen LogP contribution >= 0.6 is 0 Å². The Hall–Kier alpha value is -0.880. The second-order valence-corrected chi connectivity index (χ2v) is 6.11. The molecule has 0 aromatic heterocycles. The molecule has 2 aliphatic rings. The van der Waals surface area contributed by atoms with Crippen molar-refractivity contribution < 1.29 is 13.2 Å². The van der Waals surface area contributed by atoms with Crippen molar-refractivity contribution in [2.45, 2.75) is 25.8 Å².